The zero-order valence-electron chi connectivity index (χ0n) is 12.3. The second kappa shape index (κ2) is 6.36. The van der Waals surface area contributed by atoms with Crippen LogP contribution in [0.25, 0.3) is 0 Å². The number of rotatable bonds is 4. The highest BCUT2D eigenvalue weighted by Crippen LogP contribution is 2.33. The fraction of sp³-hybridized carbons (Fsp3) is 0.294. The van der Waals surface area contributed by atoms with Crippen LogP contribution in [0.5, 0.6) is 0 Å². The minimum atomic E-state index is -0.193. The van der Waals surface area contributed by atoms with Crippen molar-refractivity contribution in [2.45, 2.75) is 25.8 Å². The first kappa shape index (κ1) is 14.9. The molecule has 0 bridgehead atoms. The standard InChI is InChI=1S/C17H17ClN2O2/c1-12-4-6-13(7-5-12)14-11-15(16-3-2-10-22-16)20(19-14)17(21)8-9-18/h2-7,10,15H,8-9,11H2,1H3/t15-/m1/s1. The van der Waals surface area contributed by atoms with Gasteiger partial charge in [0.15, 0.2) is 0 Å². The lowest BCUT2D eigenvalue weighted by atomic mass is 10.0. The maximum absolute atomic E-state index is 12.3. The summed E-state index contributed by atoms with van der Waals surface area (Å²) in [6, 6.07) is 11.7. The van der Waals surface area contributed by atoms with Crippen LogP contribution in [0.1, 0.15) is 35.8 Å². The van der Waals surface area contributed by atoms with Gasteiger partial charge < -0.3 is 4.42 Å². The van der Waals surface area contributed by atoms with E-state index in [-0.39, 0.29) is 24.2 Å². The molecule has 5 heteroatoms. The van der Waals surface area contributed by atoms with Crippen molar-refractivity contribution in [3.8, 4) is 0 Å². The molecule has 1 amide bonds. The SMILES string of the molecule is Cc1ccc(C2=NN(C(=O)CCCl)[C@@H](c3ccco3)C2)cc1. The zero-order valence-corrected chi connectivity index (χ0v) is 13.1. The van der Waals surface area contributed by atoms with E-state index in [1.807, 2.05) is 43.3 Å². The monoisotopic (exact) mass is 316 g/mol. The molecule has 4 nitrogen and oxygen atoms in total. The smallest absolute Gasteiger partial charge is 0.244 e. The second-order valence-electron chi connectivity index (χ2n) is 5.33. The number of carbonyl (C=O) groups excluding carboxylic acids is 1. The quantitative estimate of drug-likeness (QED) is 0.803. The molecular weight excluding hydrogens is 300 g/mol. The van der Waals surface area contributed by atoms with Crippen LogP contribution in [-0.2, 0) is 4.79 Å². The number of carbonyl (C=O) groups is 1. The van der Waals surface area contributed by atoms with Gasteiger partial charge in [0.25, 0.3) is 0 Å². The predicted molar refractivity (Wildman–Crippen MR) is 86.0 cm³/mol. The number of hydrazone groups is 1. The molecule has 3 rings (SSSR count). The number of hydrogen-bond donors (Lipinski definition) is 0. The Balaban J connectivity index is 1.91. The van der Waals surface area contributed by atoms with E-state index in [9.17, 15) is 4.79 Å². The summed E-state index contributed by atoms with van der Waals surface area (Å²) in [5, 5.41) is 6.04. The van der Waals surface area contributed by atoms with Crippen molar-refractivity contribution in [2.24, 2.45) is 5.10 Å². The van der Waals surface area contributed by atoms with E-state index in [0.717, 1.165) is 17.0 Å². The second-order valence-corrected chi connectivity index (χ2v) is 5.70. The first-order valence-corrected chi connectivity index (χ1v) is 7.78. The third-order valence-electron chi connectivity index (χ3n) is 3.73. The fourth-order valence-corrected chi connectivity index (χ4v) is 2.72. The molecule has 1 aliphatic heterocycles. The Morgan fingerprint density at radius 3 is 2.77 bits per heavy atom. The van der Waals surface area contributed by atoms with Gasteiger partial charge in [0, 0.05) is 18.7 Å². The first-order chi connectivity index (χ1) is 10.7. The number of alkyl halides is 1. The Kier molecular flexibility index (Phi) is 4.29. The van der Waals surface area contributed by atoms with Gasteiger partial charge in [0.1, 0.15) is 11.8 Å². The summed E-state index contributed by atoms with van der Waals surface area (Å²) in [7, 11) is 0. The van der Waals surface area contributed by atoms with E-state index in [1.165, 1.54) is 10.6 Å². The summed E-state index contributed by atoms with van der Waals surface area (Å²) in [4.78, 5) is 12.3. The highest BCUT2D eigenvalue weighted by molar-refractivity contribution is 6.19. The summed E-state index contributed by atoms with van der Waals surface area (Å²) in [5.41, 5.74) is 3.12. The summed E-state index contributed by atoms with van der Waals surface area (Å²) in [6.45, 7) is 2.04. The van der Waals surface area contributed by atoms with Crippen molar-refractivity contribution in [1.82, 2.24) is 5.01 Å². The van der Waals surface area contributed by atoms with Gasteiger partial charge in [-0.25, -0.2) is 5.01 Å². The fourth-order valence-electron chi connectivity index (χ4n) is 2.56. The highest BCUT2D eigenvalue weighted by Gasteiger charge is 2.34. The molecule has 1 atom stereocenters. The molecular formula is C17H17ClN2O2. The van der Waals surface area contributed by atoms with Crippen LogP contribution in [0, 0.1) is 6.92 Å². The molecule has 114 valence electrons. The van der Waals surface area contributed by atoms with E-state index in [2.05, 4.69) is 5.10 Å². The number of benzene rings is 1. The summed E-state index contributed by atoms with van der Waals surface area (Å²) >= 11 is 5.70. The van der Waals surface area contributed by atoms with Crippen LogP contribution in [-0.4, -0.2) is 22.5 Å². The van der Waals surface area contributed by atoms with Crippen molar-refractivity contribution in [3.63, 3.8) is 0 Å². The van der Waals surface area contributed by atoms with Gasteiger partial charge >= 0.3 is 0 Å². The molecule has 22 heavy (non-hydrogen) atoms. The molecule has 0 saturated heterocycles. The molecule has 1 aromatic heterocycles. The molecule has 0 aliphatic carbocycles. The van der Waals surface area contributed by atoms with Crippen LogP contribution in [0.3, 0.4) is 0 Å². The first-order valence-electron chi connectivity index (χ1n) is 7.25. The van der Waals surface area contributed by atoms with Gasteiger partial charge in [-0.1, -0.05) is 29.8 Å². The number of furan rings is 1. The van der Waals surface area contributed by atoms with Crippen molar-refractivity contribution in [2.75, 3.05) is 5.88 Å². The average molecular weight is 317 g/mol. The van der Waals surface area contributed by atoms with Crippen LogP contribution >= 0.6 is 11.6 Å². The Labute approximate surface area is 134 Å². The molecule has 0 unspecified atom stereocenters. The number of hydrogen-bond acceptors (Lipinski definition) is 3. The lowest BCUT2D eigenvalue weighted by molar-refractivity contribution is -0.132. The third-order valence-corrected chi connectivity index (χ3v) is 3.92. The normalized spacial score (nSPS) is 17.6. The average Bonchev–Trinajstić information content (AvgIpc) is 3.17. The van der Waals surface area contributed by atoms with Crippen LogP contribution in [0.4, 0.5) is 0 Å². The zero-order chi connectivity index (χ0) is 15.5. The Morgan fingerprint density at radius 2 is 2.14 bits per heavy atom. The van der Waals surface area contributed by atoms with Gasteiger partial charge in [-0.3, -0.25) is 4.79 Å². The minimum absolute atomic E-state index is 0.0847. The number of amides is 1. The number of nitrogens with zero attached hydrogens (tertiary/aromatic N) is 2. The summed E-state index contributed by atoms with van der Waals surface area (Å²) < 4.78 is 5.48. The van der Waals surface area contributed by atoms with E-state index in [0.29, 0.717) is 6.42 Å². The Bertz CT molecular complexity index is 677. The van der Waals surface area contributed by atoms with Crippen molar-refractivity contribution < 1.29 is 9.21 Å². The third kappa shape index (κ3) is 2.92. The molecule has 0 saturated carbocycles. The molecule has 0 fully saturated rings. The summed E-state index contributed by atoms with van der Waals surface area (Å²) in [5.74, 6) is 0.947. The summed E-state index contributed by atoms with van der Waals surface area (Å²) in [6.07, 6.45) is 2.53. The highest BCUT2D eigenvalue weighted by atomic mass is 35.5. The lowest BCUT2D eigenvalue weighted by Gasteiger charge is -2.19. The molecule has 1 aliphatic rings. The van der Waals surface area contributed by atoms with Crippen molar-refractivity contribution in [1.29, 1.82) is 0 Å². The largest absolute Gasteiger partial charge is 0.467 e. The number of aryl methyl sites for hydroxylation is 1. The molecule has 2 heterocycles. The molecule has 0 N–H and O–H groups in total. The van der Waals surface area contributed by atoms with Crippen LogP contribution in [0.15, 0.2) is 52.2 Å². The molecule has 0 spiro atoms. The van der Waals surface area contributed by atoms with E-state index >= 15 is 0 Å². The lowest BCUT2D eigenvalue weighted by Crippen LogP contribution is -2.26. The van der Waals surface area contributed by atoms with Gasteiger partial charge in [-0.2, -0.15) is 5.10 Å². The number of halogens is 1. The van der Waals surface area contributed by atoms with Crippen molar-refractivity contribution >= 4 is 23.2 Å². The minimum Gasteiger partial charge on any atom is -0.467 e. The maximum atomic E-state index is 12.3. The Hall–Kier alpha value is -2.07. The van der Waals surface area contributed by atoms with E-state index in [4.69, 9.17) is 16.0 Å². The van der Waals surface area contributed by atoms with Gasteiger partial charge in [0.05, 0.1) is 12.0 Å². The topological polar surface area (TPSA) is 45.8 Å². The van der Waals surface area contributed by atoms with E-state index in [1.54, 1.807) is 6.26 Å². The van der Waals surface area contributed by atoms with Gasteiger partial charge in [-0.05, 0) is 24.6 Å². The maximum Gasteiger partial charge on any atom is 0.244 e. The van der Waals surface area contributed by atoms with Gasteiger partial charge in [-0.15, -0.1) is 11.6 Å². The van der Waals surface area contributed by atoms with Crippen LogP contribution < -0.4 is 0 Å². The van der Waals surface area contributed by atoms with E-state index < -0.39 is 0 Å². The predicted octanol–water partition coefficient (Wildman–Crippen LogP) is 3.89. The van der Waals surface area contributed by atoms with Crippen LogP contribution in [0.2, 0.25) is 0 Å². The Morgan fingerprint density at radius 1 is 1.36 bits per heavy atom. The molecule has 1 aromatic carbocycles. The van der Waals surface area contributed by atoms with Gasteiger partial charge in [0.2, 0.25) is 5.91 Å². The molecule has 2 aromatic rings. The van der Waals surface area contributed by atoms with Crippen molar-refractivity contribution in [3.05, 3.63) is 59.5 Å². The molecule has 0 radical (unpaired) electrons.